The van der Waals surface area contributed by atoms with Crippen LogP contribution in [-0.2, 0) is 9.53 Å². The lowest BCUT2D eigenvalue weighted by Gasteiger charge is -2.16. The van der Waals surface area contributed by atoms with E-state index in [1.807, 2.05) is 13.8 Å². The van der Waals surface area contributed by atoms with E-state index >= 15 is 0 Å². The maximum absolute atomic E-state index is 11.3. The summed E-state index contributed by atoms with van der Waals surface area (Å²) in [5.74, 6) is 5.79. The third kappa shape index (κ3) is 3.82. The molecule has 0 fully saturated rings. The van der Waals surface area contributed by atoms with Crippen LogP contribution < -0.4 is 0 Å². The molecule has 0 aliphatic rings. The van der Waals surface area contributed by atoms with Gasteiger partial charge in [0.15, 0.2) is 5.76 Å². The van der Waals surface area contributed by atoms with Crippen LogP contribution in [0.4, 0.5) is 0 Å². The Bertz CT molecular complexity index is 430. The predicted molar refractivity (Wildman–Crippen MR) is 60.9 cm³/mol. The zero-order valence-electron chi connectivity index (χ0n) is 10.3. The minimum absolute atomic E-state index is 0.487. The Kier molecular flexibility index (Phi) is 3.44. The van der Waals surface area contributed by atoms with Crippen molar-refractivity contribution in [2.75, 3.05) is 0 Å². The van der Waals surface area contributed by atoms with Gasteiger partial charge in [0.2, 0.25) is 0 Å². The van der Waals surface area contributed by atoms with Gasteiger partial charge in [0.1, 0.15) is 11.4 Å². The van der Waals surface area contributed by atoms with Crippen molar-refractivity contribution in [2.24, 2.45) is 0 Å². The van der Waals surface area contributed by atoms with Crippen LogP contribution in [0.2, 0.25) is 0 Å². The summed E-state index contributed by atoms with van der Waals surface area (Å²) in [7, 11) is 0. The van der Waals surface area contributed by atoms with Gasteiger partial charge in [-0.2, -0.15) is 0 Å². The number of carbonyl (C=O) groups excluding carboxylic acids is 1. The Morgan fingerprint density at radius 3 is 2.44 bits per heavy atom. The maximum Gasteiger partial charge on any atom is 0.385 e. The normalized spacial score (nSPS) is 10.6. The fraction of sp³-hybridized carbons (Fsp3) is 0.462. The molecule has 86 valence electrons. The summed E-state index contributed by atoms with van der Waals surface area (Å²) >= 11 is 0. The molecule has 16 heavy (non-hydrogen) atoms. The quantitative estimate of drug-likeness (QED) is 0.498. The molecule has 0 atom stereocenters. The molecular weight excluding hydrogens is 204 g/mol. The number of furan rings is 1. The average molecular weight is 220 g/mol. The summed E-state index contributed by atoms with van der Waals surface area (Å²) in [6, 6.07) is 1.80. The average Bonchev–Trinajstić information content (AvgIpc) is 2.40. The molecule has 0 saturated carbocycles. The first-order chi connectivity index (χ1) is 7.28. The van der Waals surface area contributed by atoms with Crippen LogP contribution in [0.5, 0.6) is 0 Å². The molecular formula is C13H16O3. The highest BCUT2D eigenvalue weighted by molar-refractivity contribution is 5.89. The van der Waals surface area contributed by atoms with Gasteiger partial charge in [-0.3, -0.25) is 0 Å². The topological polar surface area (TPSA) is 39.4 Å². The van der Waals surface area contributed by atoms with Gasteiger partial charge < -0.3 is 9.15 Å². The second-order valence-corrected chi connectivity index (χ2v) is 4.60. The van der Waals surface area contributed by atoms with Crippen LogP contribution in [0.15, 0.2) is 10.5 Å². The van der Waals surface area contributed by atoms with Gasteiger partial charge in [-0.05, 0) is 52.2 Å². The van der Waals surface area contributed by atoms with E-state index in [4.69, 9.17) is 9.15 Å². The molecule has 0 aliphatic carbocycles. The van der Waals surface area contributed by atoms with Crippen LogP contribution in [-0.4, -0.2) is 11.6 Å². The first kappa shape index (κ1) is 12.4. The van der Waals surface area contributed by atoms with E-state index in [-0.39, 0.29) is 0 Å². The highest BCUT2D eigenvalue weighted by Crippen LogP contribution is 2.12. The number of hydrogen-bond donors (Lipinski definition) is 0. The number of esters is 1. The lowest BCUT2D eigenvalue weighted by Crippen LogP contribution is -2.22. The Labute approximate surface area is 95.8 Å². The zero-order valence-corrected chi connectivity index (χ0v) is 10.3. The number of ether oxygens (including phenoxy) is 1. The van der Waals surface area contributed by atoms with Gasteiger partial charge in [0.25, 0.3) is 0 Å². The molecule has 3 nitrogen and oxygen atoms in total. The smallest absolute Gasteiger partial charge is 0.385 e. The second-order valence-electron chi connectivity index (χ2n) is 4.60. The van der Waals surface area contributed by atoms with E-state index < -0.39 is 11.6 Å². The monoisotopic (exact) mass is 220 g/mol. The molecule has 1 heterocycles. The fourth-order valence-corrected chi connectivity index (χ4v) is 1.05. The number of rotatable bonds is 0. The maximum atomic E-state index is 11.3. The van der Waals surface area contributed by atoms with Crippen LogP contribution in [0.25, 0.3) is 0 Å². The van der Waals surface area contributed by atoms with Gasteiger partial charge in [-0.1, -0.05) is 0 Å². The minimum Gasteiger partial charge on any atom is -0.453 e. The highest BCUT2D eigenvalue weighted by Gasteiger charge is 2.14. The second kappa shape index (κ2) is 4.44. The van der Waals surface area contributed by atoms with E-state index in [1.165, 1.54) is 0 Å². The summed E-state index contributed by atoms with van der Waals surface area (Å²) in [5.41, 5.74) is 0.509. The summed E-state index contributed by atoms with van der Waals surface area (Å²) in [6.45, 7) is 9.18. The third-order valence-electron chi connectivity index (χ3n) is 1.85. The van der Waals surface area contributed by atoms with Crippen molar-refractivity contribution in [1.29, 1.82) is 0 Å². The van der Waals surface area contributed by atoms with Crippen molar-refractivity contribution < 1.29 is 13.9 Å². The third-order valence-corrected chi connectivity index (χ3v) is 1.85. The molecule has 1 aromatic rings. The van der Waals surface area contributed by atoms with Crippen molar-refractivity contribution in [3.05, 3.63) is 23.2 Å². The Balaban J connectivity index is 2.71. The van der Waals surface area contributed by atoms with Crippen molar-refractivity contribution in [1.82, 2.24) is 0 Å². The molecule has 0 aromatic carbocycles. The van der Waals surface area contributed by atoms with Gasteiger partial charge in [0.05, 0.1) is 0 Å². The zero-order chi connectivity index (χ0) is 12.3. The molecule has 0 spiro atoms. The standard InChI is InChI=1S/C13H16O3/c1-9-8-11(15-10(9)2)6-7-12(14)16-13(3,4)5/h8H,1-5H3. The Morgan fingerprint density at radius 2 is 2.00 bits per heavy atom. The number of carbonyl (C=O) groups is 1. The molecule has 0 radical (unpaired) electrons. The SMILES string of the molecule is Cc1cc(C#CC(=O)OC(C)(C)C)oc1C. The van der Waals surface area contributed by atoms with Crippen LogP contribution >= 0.6 is 0 Å². The molecule has 0 unspecified atom stereocenters. The lowest BCUT2D eigenvalue weighted by molar-refractivity contribution is -0.147. The number of hydrogen-bond acceptors (Lipinski definition) is 3. The first-order valence-electron chi connectivity index (χ1n) is 5.10. The summed E-state index contributed by atoms with van der Waals surface area (Å²) < 4.78 is 10.4. The predicted octanol–water partition coefficient (Wildman–Crippen LogP) is 2.59. The van der Waals surface area contributed by atoms with Crippen molar-refractivity contribution >= 4 is 5.97 Å². The van der Waals surface area contributed by atoms with Gasteiger partial charge >= 0.3 is 5.97 Å². The van der Waals surface area contributed by atoms with Gasteiger partial charge in [-0.15, -0.1) is 0 Å². The van der Waals surface area contributed by atoms with Crippen molar-refractivity contribution in [2.45, 2.75) is 40.2 Å². The molecule has 1 aromatic heterocycles. The van der Waals surface area contributed by atoms with E-state index in [9.17, 15) is 4.79 Å². The molecule has 0 saturated heterocycles. The van der Waals surface area contributed by atoms with E-state index in [0.717, 1.165) is 11.3 Å². The van der Waals surface area contributed by atoms with E-state index in [1.54, 1.807) is 26.8 Å². The highest BCUT2D eigenvalue weighted by atomic mass is 16.6. The molecule has 0 amide bonds. The largest absolute Gasteiger partial charge is 0.453 e. The lowest BCUT2D eigenvalue weighted by atomic mass is 10.2. The Morgan fingerprint density at radius 1 is 1.38 bits per heavy atom. The van der Waals surface area contributed by atoms with Crippen LogP contribution in [0.1, 0.15) is 37.9 Å². The van der Waals surface area contributed by atoms with E-state index in [2.05, 4.69) is 11.8 Å². The molecule has 0 N–H and O–H groups in total. The summed E-state index contributed by atoms with van der Waals surface area (Å²) in [6.07, 6.45) is 0. The van der Waals surface area contributed by atoms with Crippen LogP contribution in [0.3, 0.4) is 0 Å². The Hall–Kier alpha value is -1.69. The van der Waals surface area contributed by atoms with Gasteiger partial charge in [-0.25, -0.2) is 4.79 Å². The van der Waals surface area contributed by atoms with Gasteiger partial charge in [0, 0.05) is 5.92 Å². The summed E-state index contributed by atoms with van der Waals surface area (Å²) in [5, 5.41) is 0. The van der Waals surface area contributed by atoms with Crippen molar-refractivity contribution in [3.8, 4) is 11.8 Å². The number of aryl methyl sites for hydroxylation is 2. The molecule has 0 bridgehead atoms. The van der Waals surface area contributed by atoms with Crippen LogP contribution in [0, 0.1) is 25.7 Å². The van der Waals surface area contributed by atoms with Crippen molar-refractivity contribution in [3.63, 3.8) is 0 Å². The molecule has 1 rings (SSSR count). The molecule has 3 heteroatoms. The fourth-order valence-electron chi connectivity index (χ4n) is 1.05. The summed E-state index contributed by atoms with van der Waals surface area (Å²) in [4.78, 5) is 11.3. The minimum atomic E-state index is -0.542. The van der Waals surface area contributed by atoms with E-state index in [0.29, 0.717) is 5.76 Å². The first-order valence-corrected chi connectivity index (χ1v) is 5.10. The molecule has 0 aliphatic heterocycles.